The third kappa shape index (κ3) is 4.33. The molecule has 0 spiro atoms. The quantitative estimate of drug-likeness (QED) is 0.795. The summed E-state index contributed by atoms with van der Waals surface area (Å²) in [5, 5.41) is 0.183. The third-order valence-corrected chi connectivity index (χ3v) is 5.11. The minimum absolute atomic E-state index is 0.0569. The summed E-state index contributed by atoms with van der Waals surface area (Å²) in [7, 11) is 1.95. The first-order valence-corrected chi connectivity index (χ1v) is 9.47. The molecule has 0 radical (unpaired) electrons. The van der Waals surface area contributed by atoms with E-state index in [-0.39, 0.29) is 22.1 Å². The smallest absolute Gasteiger partial charge is 0.280 e. The van der Waals surface area contributed by atoms with Crippen molar-refractivity contribution in [1.82, 2.24) is 9.36 Å². The van der Waals surface area contributed by atoms with Gasteiger partial charge in [-0.05, 0) is 31.0 Å². The SMILES string of the molecule is Cn1c(C(C)(C)C)c/c(=N\C(=O)c2cc(F)ccc2Cl)n1C[C@H]1CCCO1. The first-order chi connectivity index (χ1) is 12.7. The first-order valence-electron chi connectivity index (χ1n) is 9.10. The van der Waals surface area contributed by atoms with Crippen molar-refractivity contribution in [3.63, 3.8) is 0 Å². The highest BCUT2D eigenvalue weighted by Crippen LogP contribution is 2.22. The Kier molecular flexibility index (Phi) is 5.58. The number of ether oxygens (including phenoxy) is 1. The van der Waals surface area contributed by atoms with Crippen LogP contribution in [0.3, 0.4) is 0 Å². The zero-order valence-corrected chi connectivity index (χ0v) is 16.9. The van der Waals surface area contributed by atoms with E-state index in [1.807, 2.05) is 22.5 Å². The minimum atomic E-state index is -0.563. The number of nitrogens with zero attached hydrogens (tertiary/aromatic N) is 3. The minimum Gasteiger partial charge on any atom is -0.376 e. The van der Waals surface area contributed by atoms with E-state index in [1.165, 1.54) is 12.1 Å². The second kappa shape index (κ2) is 7.60. The molecule has 5 nitrogen and oxygen atoms in total. The average Bonchev–Trinajstić information content (AvgIpc) is 3.20. The molecule has 1 fully saturated rings. The summed E-state index contributed by atoms with van der Waals surface area (Å²) in [6, 6.07) is 5.61. The Morgan fingerprint density at radius 1 is 1.37 bits per heavy atom. The van der Waals surface area contributed by atoms with Crippen molar-refractivity contribution in [2.75, 3.05) is 6.61 Å². The van der Waals surface area contributed by atoms with Crippen LogP contribution < -0.4 is 5.49 Å². The van der Waals surface area contributed by atoms with E-state index in [0.29, 0.717) is 12.0 Å². The highest BCUT2D eigenvalue weighted by Gasteiger charge is 2.23. The van der Waals surface area contributed by atoms with Gasteiger partial charge in [0.05, 0.1) is 23.2 Å². The fraction of sp³-hybridized carbons (Fsp3) is 0.500. The van der Waals surface area contributed by atoms with Crippen LogP contribution in [0.4, 0.5) is 4.39 Å². The van der Waals surface area contributed by atoms with Crippen molar-refractivity contribution in [2.24, 2.45) is 12.0 Å². The van der Waals surface area contributed by atoms with Crippen molar-refractivity contribution in [3.05, 3.63) is 51.9 Å². The molecular weight excluding hydrogens is 369 g/mol. The fourth-order valence-corrected chi connectivity index (χ4v) is 3.59. The Labute approximate surface area is 163 Å². The predicted molar refractivity (Wildman–Crippen MR) is 102 cm³/mol. The Hall–Kier alpha value is -1.92. The van der Waals surface area contributed by atoms with Crippen LogP contribution in [0.25, 0.3) is 0 Å². The summed E-state index contributed by atoms with van der Waals surface area (Å²) in [6.07, 6.45) is 2.11. The lowest BCUT2D eigenvalue weighted by Gasteiger charge is -2.21. The predicted octanol–water partition coefficient (Wildman–Crippen LogP) is 3.84. The van der Waals surface area contributed by atoms with Gasteiger partial charge >= 0.3 is 0 Å². The van der Waals surface area contributed by atoms with Gasteiger partial charge in [0.15, 0.2) is 5.49 Å². The summed E-state index contributed by atoms with van der Waals surface area (Å²) >= 11 is 6.06. The Morgan fingerprint density at radius 2 is 2.11 bits per heavy atom. The van der Waals surface area contributed by atoms with Crippen molar-refractivity contribution in [1.29, 1.82) is 0 Å². The topological polar surface area (TPSA) is 48.5 Å². The second-order valence-corrected chi connectivity index (χ2v) is 8.33. The van der Waals surface area contributed by atoms with E-state index in [2.05, 4.69) is 25.8 Å². The molecule has 7 heteroatoms. The van der Waals surface area contributed by atoms with E-state index < -0.39 is 11.7 Å². The molecule has 3 rings (SSSR count). The van der Waals surface area contributed by atoms with Gasteiger partial charge in [-0.2, -0.15) is 4.99 Å². The molecule has 2 aromatic rings. The molecule has 1 aromatic heterocycles. The normalized spacial score (nSPS) is 18.3. The van der Waals surface area contributed by atoms with E-state index in [4.69, 9.17) is 16.3 Å². The summed E-state index contributed by atoms with van der Waals surface area (Å²) in [5.74, 6) is -1.08. The summed E-state index contributed by atoms with van der Waals surface area (Å²) < 4.78 is 23.3. The largest absolute Gasteiger partial charge is 0.376 e. The highest BCUT2D eigenvalue weighted by atomic mass is 35.5. The van der Waals surface area contributed by atoms with Crippen molar-refractivity contribution in [2.45, 2.75) is 51.7 Å². The van der Waals surface area contributed by atoms with Crippen molar-refractivity contribution in [3.8, 4) is 0 Å². The molecule has 1 aliphatic heterocycles. The molecule has 1 amide bonds. The van der Waals surface area contributed by atoms with Crippen LogP contribution in [0, 0.1) is 5.82 Å². The summed E-state index contributed by atoms with van der Waals surface area (Å²) in [6.45, 7) is 7.68. The Morgan fingerprint density at radius 3 is 2.74 bits per heavy atom. The van der Waals surface area contributed by atoms with Gasteiger partial charge in [-0.15, -0.1) is 0 Å². The second-order valence-electron chi connectivity index (χ2n) is 7.92. The van der Waals surface area contributed by atoms with Crippen LogP contribution in [-0.2, 0) is 23.7 Å². The lowest BCUT2D eigenvalue weighted by atomic mass is 9.92. The molecule has 146 valence electrons. The maximum absolute atomic E-state index is 13.5. The van der Waals surface area contributed by atoms with Gasteiger partial charge in [-0.1, -0.05) is 32.4 Å². The molecule has 1 aliphatic rings. The Bertz CT molecular complexity index is 918. The number of amides is 1. The maximum Gasteiger partial charge on any atom is 0.280 e. The van der Waals surface area contributed by atoms with Gasteiger partial charge in [0.2, 0.25) is 0 Å². The number of hydrogen-bond donors (Lipinski definition) is 0. The third-order valence-electron chi connectivity index (χ3n) is 4.78. The molecule has 0 N–H and O–H groups in total. The monoisotopic (exact) mass is 393 g/mol. The molecular formula is C20H25ClFN3O2. The number of carbonyl (C=O) groups is 1. The maximum atomic E-state index is 13.5. The van der Waals surface area contributed by atoms with Crippen LogP contribution in [0.15, 0.2) is 29.3 Å². The lowest BCUT2D eigenvalue weighted by Crippen LogP contribution is -2.30. The van der Waals surface area contributed by atoms with Crippen molar-refractivity contribution < 1.29 is 13.9 Å². The highest BCUT2D eigenvalue weighted by molar-refractivity contribution is 6.33. The van der Waals surface area contributed by atoms with E-state index in [9.17, 15) is 9.18 Å². The van der Waals surface area contributed by atoms with Gasteiger partial charge in [0, 0.05) is 30.8 Å². The van der Waals surface area contributed by atoms with Crippen LogP contribution >= 0.6 is 11.6 Å². The number of aromatic nitrogens is 2. The lowest BCUT2D eigenvalue weighted by molar-refractivity contribution is 0.0885. The molecule has 1 aromatic carbocycles. The van der Waals surface area contributed by atoms with Crippen LogP contribution in [-0.4, -0.2) is 28.0 Å². The number of hydrogen-bond acceptors (Lipinski definition) is 2. The zero-order valence-electron chi connectivity index (χ0n) is 16.1. The Balaban J connectivity index is 2.08. The van der Waals surface area contributed by atoms with Crippen LogP contribution in [0.2, 0.25) is 5.02 Å². The fourth-order valence-electron chi connectivity index (χ4n) is 3.39. The molecule has 2 heterocycles. The number of benzene rings is 1. The van der Waals surface area contributed by atoms with E-state index >= 15 is 0 Å². The molecule has 0 aliphatic carbocycles. The number of halogens is 2. The standard InChI is InChI=1S/C20H25ClFN3O2/c1-20(2,3)17-11-18(25(24(17)4)12-14-6-5-9-27-14)23-19(26)15-10-13(22)7-8-16(15)21/h7-8,10-11,14H,5-6,9,12H2,1-4H3/b23-18+/t14-/m1/s1. The van der Waals surface area contributed by atoms with Gasteiger partial charge in [0.25, 0.3) is 5.91 Å². The summed E-state index contributed by atoms with van der Waals surface area (Å²) in [4.78, 5) is 16.9. The first kappa shape index (κ1) is 19.8. The van der Waals surface area contributed by atoms with Gasteiger partial charge in [0.1, 0.15) is 5.82 Å². The van der Waals surface area contributed by atoms with Crippen molar-refractivity contribution >= 4 is 17.5 Å². The number of rotatable bonds is 3. The van der Waals surface area contributed by atoms with E-state index in [0.717, 1.165) is 31.2 Å². The van der Waals surface area contributed by atoms with Gasteiger partial charge in [-0.3, -0.25) is 14.2 Å². The molecule has 1 atom stereocenters. The zero-order chi connectivity index (χ0) is 19.8. The van der Waals surface area contributed by atoms with Crippen LogP contribution in [0.1, 0.15) is 49.7 Å². The molecule has 0 saturated carbocycles. The molecule has 0 bridgehead atoms. The van der Waals surface area contributed by atoms with Crippen LogP contribution in [0.5, 0.6) is 0 Å². The molecule has 27 heavy (non-hydrogen) atoms. The molecule has 0 unspecified atom stereocenters. The summed E-state index contributed by atoms with van der Waals surface area (Å²) in [5.41, 5.74) is 1.49. The average molecular weight is 394 g/mol. The molecule has 1 saturated heterocycles. The van der Waals surface area contributed by atoms with Gasteiger partial charge < -0.3 is 4.74 Å². The van der Waals surface area contributed by atoms with Gasteiger partial charge in [-0.25, -0.2) is 4.39 Å². The number of carbonyl (C=O) groups excluding carboxylic acids is 1. The van der Waals surface area contributed by atoms with E-state index in [1.54, 1.807) is 0 Å².